The molecule has 0 aliphatic carbocycles. The molecule has 1 atom stereocenters. The molecule has 3 nitrogen and oxygen atoms in total. The minimum absolute atomic E-state index is 0.670. The molecule has 2 heterocycles. The summed E-state index contributed by atoms with van der Waals surface area (Å²) in [5, 5.41) is 4.42. The first-order chi connectivity index (χ1) is 6.88. The van der Waals surface area contributed by atoms with Gasteiger partial charge in [0.05, 0.1) is 6.61 Å². The van der Waals surface area contributed by atoms with Crippen LogP contribution in [0, 0.1) is 5.92 Å². The number of ether oxygens (including phenoxy) is 1. The van der Waals surface area contributed by atoms with Crippen LogP contribution in [0.25, 0.3) is 0 Å². The second-order valence-electron chi connectivity index (χ2n) is 3.60. The lowest BCUT2D eigenvalue weighted by Gasteiger charge is -2.07. The summed E-state index contributed by atoms with van der Waals surface area (Å²) in [6.07, 6.45) is 4.21. The fourth-order valence-electron chi connectivity index (χ4n) is 1.53. The van der Waals surface area contributed by atoms with Crippen molar-refractivity contribution in [3.8, 4) is 0 Å². The number of nitrogens with one attached hydrogen (secondary N) is 1. The molecule has 1 N–H and O–H groups in total. The number of hydrogen-bond acceptors (Lipinski definition) is 4. The summed E-state index contributed by atoms with van der Waals surface area (Å²) in [4.78, 5) is 5.66. The molecule has 78 valence electrons. The third-order valence-corrected chi connectivity index (χ3v) is 3.57. The van der Waals surface area contributed by atoms with Crippen molar-refractivity contribution in [2.75, 3.05) is 25.1 Å². The van der Waals surface area contributed by atoms with Crippen LogP contribution >= 0.6 is 11.3 Å². The van der Waals surface area contributed by atoms with Crippen molar-refractivity contribution in [1.29, 1.82) is 0 Å². The van der Waals surface area contributed by atoms with Gasteiger partial charge in [-0.15, -0.1) is 11.3 Å². The van der Waals surface area contributed by atoms with E-state index >= 15 is 0 Å². The maximum Gasteiger partial charge on any atom is 0.182 e. The van der Waals surface area contributed by atoms with E-state index in [1.165, 1.54) is 11.3 Å². The summed E-state index contributed by atoms with van der Waals surface area (Å²) in [7, 11) is 0. The summed E-state index contributed by atoms with van der Waals surface area (Å²) in [6, 6.07) is 0. The number of aryl methyl sites for hydroxylation is 1. The zero-order valence-corrected chi connectivity index (χ0v) is 9.27. The molecule has 1 aromatic heterocycles. The van der Waals surface area contributed by atoms with Crippen LogP contribution in [0.3, 0.4) is 0 Å². The van der Waals surface area contributed by atoms with E-state index < -0.39 is 0 Å². The molecule has 1 saturated heterocycles. The Labute approximate surface area is 88.5 Å². The fraction of sp³-hybridized carbons (Fsp3) is 0.700. The normalized spacial score (nSPS) is 21.4. The molecule has 4 heteroatoms. The number of hydrogen-bond donors (Lipinski definition) is 1. The smallest absolute Gasteiger partial charge is 0.182 e. The molecule has 0 radical (unpaired) electrons. The first kappa shape index (κ1) is 9.93. The summed E-state index contributed by atoms with van der Waals surface area (Å²) in [6.45, 7) is 4.97. The van der Waals surface area contributed by atoms with Gasteiger partial charge in [0, 0.05) is 30.1 Å². The van der Waals surface area contributed by atoms with Gasteiger partial charge < -0.3 is 10.1 Å². The van der Waals surface area contributed by atoms with E-state index in [0.29, 0.717) is 5.92 Å². The molecule has 0 amide bonds. The van der Waals surface area contributed by atoms with Gasteiger partial charge in [-0.3, -0.25) is 0 Å². The molecular formula is C10H16N2OS. The van der Waals surface area contributed by atoms with Crippen molar-refractivity contribution in [3.63, 3.8) is 0 Å². The Morgan fingerprint density at radius 2 is 2.64 bits per heavy atom. The van der Waals surface area contributed by atoms with Crippen LogP contribution in [0.5, 0.6) is 0 Å². The average molecular weight is 212 g/mol. The zero-order valence-electron chi connectivity index (χ0n) is 8.45. The van der Waals surface area contributed by atoms with Gasteiger partial charge in [-0.25, -0.2) is 4.98 Å². The number of aromatic nitrogens is 1. The predicted molar refractivity (Wildman–Crippen MR) is 58.9 cm³/mol. The Balaban J connectivity index is 1.79. The Bertz CT molecular complexity index is 281. The van der Waals surface area contributed by atoms with Crippen LogP contribution in [0.4, 0.5) is 5.13 Å². The predicted octanol–water partition coefficient (Wildman–Crippen LogP) is 2.15. The molecule has 14 heavy (non-hydrogen) atoms. The topological polar surface area (TPSA) is 34.2 Å². The van der Waals surface area contributed by atoms with Crippen molar-refractivity contribution < 1.29 is 4.74 Å². The highest BCUT2D eigenvalue weighted by Crippen LogP contribution is 2.20. The first-order valence-electron chi connectivity index (χ1n) is 5.15. The van der Waals surface area contributed by atoms with Gasteiger partial charge >= 0.3 is 0 Å². The molecule has 0 spiro atoms. The van der Waals surface area contributed by atoms with Crippen LogP contribution in [0.1, 0.15) is 18.2 Å². The molecule has 1 aliphatic rings. The summed E-state index contributed by atoms with van der Waals surface area (Å²) < 4.78 is 5.31. The van der Waals surface area contributed by atoms with Crippen molar-refractivity contribution in [2.45, 2.75) is 19.8 Å². The lowest BCUT2D eigenvalue weighted by molar-refractivity contribution is 0.187. The van der Waals surface area contributed by atoms with Gasteiger partial charge in [-0.2, -0.15) is 0 Å². The van der Waals surface area contributed by atoms with Crippen molar-refractivity contribution in [2.24, 2.45) is 5.92 Å². The maximum absolute atomic E-state index is 5.31. The highest BCUT2D eigenvalue weighted by Gasteiger charge is 2.15. The van der Waals surface area contributed by atoms with E-state index in [0.717, 1.165) is 31.3 Å². The number of thiazole rings is 1. The SMILES string of the molecule is CCc1cnc(NCC2CCOC2)s1. The Morgan fingerprint density at radius 3 is 3.29 bits per heavy atom. The van der Waals surface area contributed by atoms with Gasteiger partial charge in [0.1, 0.15) is 0 Å². The van der Waals surface area contributed by atoms with E-state index in [1.807, 2.05) is 6.20 Å². The van der Waals surface area contributed by atoms with Crippen LogP contribution in [-0.2, 0) is 11.2 Å². The number of rotatable bonds is 4. The van der Waals surface area contributed by atoms with E-state index in [-0.39, 0.29) is 0 Å². The highest BCUT2D eigenvalue weighted by molar-refractivity contribution is 7.15. The zero-order chi connectivity index (χ0) is 9.80. The van der Waals surface area contributed by atoms with E-state index in [2.05, 4.69) is 17.2 Å². The van der Waals surface area contributed by atoms with E-state index in [1.54, 1.807) is 11.3 Å². The first-order valence-corrected chi connectivity index (χ1v) is 5.96. The monoisotopic (exact) mass is 212 g/mol. The minimum Gasteiger partial charge on any atom is -0.381 e. The molecule has 1 fully saturated rings. The van der Waals surface area contributed by atoms with E-state index in [4.69, 9.17) is 4.74 Å². The lowest BCUT2D eigenvalue weighted by atomic mass is 10.1. The third kappa shape index (κ3) is 2.45. The van der Waals surface area contributed by atoms with Crippen molar-refractivity contribution in [3.05, 3.63) is 11.1 Å². The molecule has 1 aliphatic heterocycles. The molecule has 0 saturated carbocycles. The molecule has 0 aromatic carbocycles. The van der Waals surface area contributed by atoms with Gasteiger partial charge in [0.2, 0.25) is 0 Å². The quantitative estimate of drug-likeness (QED) is 0.830. The van der Waals surface area contributed by atoms with Crippen LogP contribution < -0.4 is 5.32 Å². The standard InChI is InChI=1S/C10H16N2OS/c1-2-9-6-12-10(14-9)11-5-8-3-4-13-7-8/h6,8H,2-5,7H2,1H3,(H,11,12). The van der Waals surface area contributed by atoms with Gasteiger partial charge in [0.25, 0.3) is 0 Å². The third-order valence-electron chi connectivity index (χ3n) is 2.47. The Kier molecular flexibility index (Phi) is 3.37. The summed E-state index contributed by atoms with van der Waals surface area (Å²) in [5.41, 5.74) is 0. The summed E-state index contributed by atoms with van der Waals surface area (Å²) in [5.74, 6) is 0.670. The van der Waals surface area contributed by atoms with Gasteiger partial charge in [-0.1, -0.05) is 6.92 Å². The Hall–Kier alpha value is -0.610. The molecule has 1 unspecified atom stereocenters. The van der Waals surface area contributed by atoms with E-state index in [9.17, 15) is 0 Å². The minimum atomic E-state index is 0.670. The Morgan fingerprint density at radius 1 is 1.71 bits per heavy atom. The van der Waals surface area contributed by atoms with Crippen molar-refractivity contribution >= 4 is 16.5 Å². The summed E-state index contributed by atoms with van der Waals surface area (Å²) >= 11 is 1.75. The average Bonchev–Trinajstić information content (AvgIpc) is 2.86. The van der Waals surface area contributed by atoms with Crippen molar-refractivity contribution in [1.82, 2.24) is 4.98 Å². The second kappa shape index (κ2) is 4.75. The van der Waals surface area contributed by atoms with Gasteiger partial charge in [0.15, 0.2) is 5.13 Å². The second-order valence-corrected chi connectivity index (χ2v) is 4.71. The molecular weight excluding hydrogens is 196 g/mol. The number of nitrogens with zero attached hydrogens (tertiary/aromatic N) is 1. The highest BCUT2D eigenvalue weighted by atomic mass is 32.1. The largest absolute Gasteiger partial charge is 0.381 e. The molecule has 0 bridgehead atoms. The molecule has 1 aromatic rings. The molecule has 2 rings (SSSR count). The fourth-order valence-corrected chi connectivity index (χ4v) is 2.29. The number of anilines is 1. The van der Waals surface area contributed by atoms with Gasteiger partial charge in [-0.05, 0) is 12.8 Å². The van der Waals surface area contributed by atoms with Crippen LogP contribution in [0.2, 0.25) is 0 Å². The maximum atomic E-state index is 5.31. The van der Waals surface area contributed by atoms with Crippen LogP contribution in [0.15, 0.2) is 6.20 Å². The van der Waals surface area contributed by atoms with Crippen LogP contribution in [-0.4, -0.2) is 24.7 Å². The lowest BCUT2D eigenvalue weighted by Crippen LogP contribution is -2.13.